The third-order valence-electron chi connectivity index (χ3n) is 4.30. The third kappa shape index (κ3) is 3.03. The van der Waals surface area contributed by atoms with Gasteiger partial charge in [-0.3, -0.25) is 4.90 Å². The zero-order valence-electron chi connectivity index (χ0n) is 12.3. The van der Waals surface area contributed by atoms with E-state index in [1.54, 1.807) is 12.1 Å². The lowest BCUT2D eigenvalue weighted by Crippen LogP contribution is -2.43. The number of benzene rings is 1. The minimum absolute atomic E-state index is 0.0204. The van der Waals surface area contributed by atoms with Crippen LogP contribution in [0.15, 0.2) is 35.7 Å². The van der Waals surface area contributed by atoms with Crippen molar-refractivity contribution >= 4 is 11.3 Å². The summed E-state index contributed by atoms with van der Waals surface area (Å²) in [7, 11) is 0. The molecule has 112 valence electrons. The summed E-state index contributed by atoms with van der Waals surface area (Å²) in [5.41, 5.74) is 8.75. The van der Waals surface area contributed by atoms with Crippen LogP contribution in [0, 0.1) is 5.82 Å². The van der Waals surface area contributed by atoms with E-state index in [-0.39, 0.29) is 17.9 Å². The Kier molecular flexibility index (Phi) is 4.38. The first kappa shape index (κ1) is 14.7. The zero-order valence-corrected chi connectivity index (χ0v) is 13.1. The molecule has 4 heteroatoms. The summed E-state index contributed by atoms with van der Waals surface area (Å²) in [6.45, 7) is 3.99. The summed E-state index contributed by atoms with van der Waals surface area (Å²) in [5.74, 6) is -0.186. The summed E-state index contributed by atoms with van der Waals surface area (Å²) >= 11 is 1.83. The van der Waals surface area contributed by atoms with Gasteiger partial charge in [-0.1, -0.05) is 19.1 Å². The third-order valence-corrected chi connectivity index (χ3v) is 5.32. The molecule has 21 heavy (non-hydrogen) atoms. The van der Waals surface area contributed by atoms with Gasteiger partial charge in [0, 0.05) is 24.0 Å². The van der Waals surface area contributed by atoms with Gasteiger partial charge < -0.3 is 5.73 Å². The monoisotopic (exact) mass is 304 g/mol. The largest absolute Gasteiger partial charge is 0.326 e. The van der Waals surface area contributed by atoms with Crippen molar-refractivity contribution in [2.24, 2.45) is 5.73 Å². The van der Waals surface area contributed by atoms with Crippen LogP contribution in [0.3, 0.4) is 0 Å². The lowest BCUT2D eigenvalue weighted by molar-refractivity contribution is 0.154. The quantitative estimate of drug-likeness (QED) is 0.932. The van der Waals surface area contributed by atoms with Gasteiger partial charge in [-0.2, -0.15) is 0 Å². The number of fused-ring (bicyclic) bond motifs is 1. The highest BCUT2D eigenvalue weighted by Gasteiger charge is 2.29. The SMILES string of the molecule is CCC(N)C(c1cccc(F)c1)N1CCc2sccc2C1. The van der Waals surface area contributed by atoms with E-state index >= 15 is 0 Å². The van der Waals surface area contributed by atoms with Gasteiger partial charge in [-0.25, -0.2) is 4.39 Å². The average Bonchev–Trinajstić information content (AvgIpc) is 2.95. The lowest BCUT2D eigenvalue weighted by Gasteiger charge is -2.38. The van der Waals surface area contributed by atoms with Gasteiger partial charge in [0.05, 0.1) is 6.04 Å². The molecule has 1 aromatic heterocycles. The molecule has 0 amide bonds. The average molecular weight is 304 g/mol. The van der Waals surface area contributed by atoms with Crippen LogP contribution in [0.2, 0.25) is 0 Å². The van der Waals surface area contributed by atoms with Crippen LogP contribution < -0.4 is 5.73 Å². The summed E-state index contributed by atoms with van der Waals surface area (Å²) < 4.78 is 13.6. The molecule has 0 bridgehead atoms. The Labute approximate surface area is 129 Å². The van der Waals surface area contributed by atoms with Crippen molar-refractivity contribution in [1.82, 2.24) is 4.90 Å². The van der Waals surface area contributed by atoms with E-state index in [0.29, 0.717) is 0 Å². The molecule has 0 radical (unpaired) electrons. The number of rotatable bonds is 4. The molecular weight excluding hydrogens is 283 g/mol. The first-order valence-corrected chi connectivity index (χ1v) is 8.37. The van der Waals surface area contributed by atoms with Gasteiger partial charge in [0.15, 0.2) is 0 Å². The highest BCUT2D eigenvalue weighted by molar-refractivity contribution is 7.10. The van der Waals surface area contributed by atoms with E-state index in [0.717, 1.165) is 31.5 Å². The molecule has 3 rings (SSSR count). The van der Waals surface area contributed by atoms with E-state index in [1.807, 2.05) is 17.4 Å². The predicted octanol–water partition coefficient (Wildman–Crippen LogP) is 3.72. The Morgan fingerprint density at radius 3 is 3.00 bits per heavy atom. The lowest BCUT2D eigenvalue weighted by atomic mass is 9.94. The molecule has 0 aliphatic carbocycles. The molecule has 0 saturated heterocycles. The van der Waals surface area contributed by atoms with Crippen LogP contribution in [0.4, 0.5) is 4.39 Å². The van der Waals surface area contributed by atoms with Gasteiger partial charge in [-0.05, 0) is 47.5 Å². The smallest absolute Gasteiger partial charge is 0.123 e. The zero-order chi connectivity index (χ0) is 14.8. The standard InChI is InChI=1S/C17H21FN2S/c1-2-15(19)17(12-4-3-5-14(18)10-12)20-8-6-16-13(11-20)7-9-21-16/h3-5,7,9-10,15,17H,2,6,8,11,19H2,1H3. The molecule has 2 nitrogen and oxygen atoms in total. The normalized spacial score (nSPS) is 18.2. The number of thiophene rings is 1. The Hall–Kier alpha value is -1.23. The van der Waals surface area contributed by atoms with Crippen molar-refractivity contribution in [1.29, 1.82) is 0 Å². The van der Waals surface area contributed by atoms with Crippen molar-refractivity contribution < 1.29 is 4.39 Å². The minimum Gasteiger partial charge on any atom is -0.326 e. The molecule has 2 aromatic rings. The Morgan fingerprint density at radius 2 is 2.24 bits per heavy atom. The van der Waals surface area contributed by atoms with E-state index in [4.69, 9.17) is 5.73 Å². The summed E-state index contributed by atoms with van der Waals surface area (Å²) in [4.78, 5) is 3.88. The van der Waals surface area contributed by atoms with Crippen molar-refractivity contribution in [3.63, 3.8) is 0 Å². The second-order valence-electron chi connectivity index (χ2n) is 5.66. The van der Waals surface area contributed by atoms with E-state index in [9.17, 15) is 4.39 Å². The molecule has 0 saturated carbocycles. The maximum atomic E-state index is 13.6. The maximum Gasteiger partial charge on any atom is 0.123 e. The predicted molar refractivity (Wildman–Crippen MR) is 85.8 cm³/mol. The van der Waals surface area contributed by atoms with Crippen LogP contribution in [0.25, 0.3) is 0 Å². The molecule has 2 heterocycles. The molecule has 0 spiro atoms. The van der Waals surface area contributed by atoms with E-state index in [1.165, 1.54) is 16.5 Å². The molecular formula is C17H21FN2S. The second kappa shape index (κ2) is 6.26. The summed E-state index contributed by atoms with van der Waals surface area (Å²) in [6, 6.07) is 9.19. The number of hydrogen-bond donors (Lipinski definition) is 1. The first-order valence-electron chi connectivity index (χ1n) is 7.49. The van der Waals surface area contributed by atoms with Crippen LogP contribution in [-0.4, -0.2) is 17.5 Å². The number of nitrogens with zero attached hydrogens (tertiary/aromatic N) is 1. The van der Waals surface area contributed by atoms with Crippen molar-refractivity contribution in [2.75, 3.05) is 6.54 Å². The first-order chi connectivity index (χ1) is 10.2. The molecule has 2 unspecified atom stereocenters. The number of hydrogen-bond acceptors (Lipinski definition) is 3. The number of halogens is 1. The molecule has 2 atom stereocenters. The Morgan fingerprint density at radius 1 is 1.38 bits per heavy atom. The minimum atomic E-state index is -0.186. The molecule has 2 N–H and O–H groups in total. The highest BCUT2D eigenvalue weighted by Crippen LogP contribution is 2.32. The Bertz CT molecular complexity index is 610. The fourth-order valence-corrected chi connectivity index (χ4v) is 4.04. The maximum absolute atomic E-state index is 13.6. The van der Waals surface area contributed by atoms with E-state index in [2.05, 4.69) is 23.3 Å². The summed E-state index contributed by atoms with van der Waals surface area (Å²) in [5, 5.41) is 2.16. The van der Waals surface area contributed by atoms with Crippen LogP contribution >= 0.6 is 11.3 Å². The molecule has 1 aromatic carbocycles. The van der Waals surface area contributed by atoms with Crippen molar-refractivity contribution in [2.45, 2.75) is 38.4 Å². The van der Waals surface area contributed by atoms with Crippen LogP contribution in [-0.2, 0) is 13.0 Å². The molecule has 0 fully saturated rings. The topological polar surface area (TPSA) is 29.3 Å². The van der Waals surface area contributed by atoms with Gasteiger partial charge in [-0.15, -0.1) is 11.3 Å². The number of nitrogens with two attached hydrogens (primary N) is 1. The summed E-state index contributed by atoms with van der Waals surface area (Å²) in [6.07, 6.45) is 1.95. The van der Waals surface area contributed by atoms with Crippen LogP contribution in [0.1, 0.15) is 35.4 Å². The van der Waals surface area contributed by atoms with Gasteiger partial charge in [0.25, 0.3) is 0 Å². The van der Waals surface area contributed by atoms with Gasteiger partial charge >= 0.3 is 0 Å². The second-order valence-corrected chi connectivity index (χ2v) is 6.66. The fraction of sp³-hybridized carbons (Fsp3) is 0.412. The van der Waals surface area contributed by atoms with E-state index < -0.39 is 0 Å². The van der Waals surface area contributed by atoms with Crippen molar-refractivity contribution in [3.05, 3.63) is 57.5 Å². The fourth-order valence-electron chi connectivity index (χ4n) is 3.15. The van der Waals surface area contributed by atoms with Gasteiger partial charge in [0.2, 0.25) is 0 Å². The Balaban J connectivity index is 1.90. The molecule has 1 aliphatic rings. The highest BCUT2D eigenvalue weighted by atomic mass is 32.1. The molecule has 1 aliphatic heterocycles. The van der Waals surface area contributed by atoms with Crippen LogP contribution in [0.5, 0.6) is 0 Å². The van der Waals surface area contributed by atoms with Crippen molar-refractivity contribution in [3.8, 4) is 0 Å². The van der Waals surface area contributed by atoms with Gasteiger partial charge in [0.1, 0.15) is 5.82 Å².